The maximum absolute atomic E-state index is 11.6. The maximum Gasteiger partial charge on any atom is 0.177 e. The molecule has 3 aromatic rings. The first-order valence-corrected chi connectivity index (χ1v) is 12.6. The van der Waals surface area contributed by atoms with Gasteiger partial charge in [-0.05, 0) is 42.2 Å². The maximum atomic E-state index is 11.6. The van der Waals surface area contributed by atoms with Crippen molar-refractivity contribution < 1.29 is 8.42 Å². The molecule has 2 aliphatic rings. The topological polar surface area (TPSA) is 78.4 Å². The van der Waals surface area contributed by atoms with Crippen LogP contribution >= 0.6 is 0 Å². The van der Waals surface area contributed by atoms with Crippen LogP contribution in [0.15, 0.2) is 47.6 Å². The van der Waals surface area contributed by atoms with Crippen molar-refractivity contribution in [2.24, 2.45) is 0 Å². The molecule has 1 N–H and O–H groups in total. The fourth-order valence-electron chi connectivity index (χ4n) is 4.44. The van der Waals surface area contributed by atoms with Crippen molar-refractivity contribution >= 4 is 32.2 Å². The largest absolute Gasteiger partial charge is 0.384 e. The number of hydrogen-bond acceptors (Lipinski definition) is 7. The van der Waals surface area contributed by atoms with E-state index in [1.54, 1.807) is 12.1 Å². The predicted octanol–water partition coefficient (Wildman–Crippen LogP) is 2.71. The van der Waals surface area contributed by atoms with E-state index in [0.29, 0.717) is 0 Å². The number of piperazine rings is 1. The van der Waals surface area contributed by atoms with E-state index in [-0.39, 0.29) is 4.90 Å². The summed E-state index contributed by atoms with van der Waals surface area (Å²) in [6.45, 7) is 5.54. The molecule has 1 aromatic carbocycles. The minimum Gasteiger partial charge on any atom is -0.384 e. The summed E-state index contributed by atoms with van der Waals surface area (Å²) in [4.78, 5) is 14.0. The van der Waals surface area contributed by atoms with E-state index in [1.165, 1.54) is 41.1 Å². The zero-order valence-electron chi connectivity index (χ0n) is 17.7. The van der Waals surface area contributed by atoms with Gasteiger partial charge in [0.05, 0.1) is 10.4 Å². The van der Waals surface area contributed by atoms with Gasteiger partial charge in [0, 0.05) is 69.0 Å². The van der Waals surface area contributed by atoms with Crippen LogP contribution in [-0.2, 0) is 22.8 Å². The Morgan fingerprint density at radius 2 is 1.87 bits per heavy atom. The third kappa shape index (κ3) is 4.22. The van der Waals surface area contributed by atoms with Crippen molar-refractivity contribution in [3.8, 4) is 0 Å². The number of nitrogens with one attached hydrogen (secondary N) is 1. The molecule has 7 nitrogen and oxygen atoms in total. The van der Waals surface area contributed by atoms with Gasteiger partial charge in [0.1, 0.15) is 5.82 Å². The number of pyridine rings is 2. The summed E-state index contributed by atoms with van der Waals surface area (Å²) < 4.78 is 23.2. The summed E-state index contributed by atoms with van der Waals surface area (Å²) in [5.74, 6) is 0.833. The van der Waals surface area contributed by atoms with Crippen LogP contribution in [0.3, 0.4) is 0 Å². The van der Waals surface area contributed by atoms with Gasteiger partial charge in [-0.1, -0.05) is 12.1 Å². The first-order valence-electron chi connectivity index (χ1n) is 10.8. The number of rotatable bonds is 4. The van der Waals surface area contributed by atoms with Crippen LogP contribution in [0.4, 0.5) is 11.5 Å². The number of anilines is 2. The Morgan fingerprint density at radius 3 is 2.61 bits per heavy atom. The van der Waals surface area contributed by atoms with E-state index in [4.69, 9.17) is 4.98 Å². The third-order valence-corrected chi connectivity index (χ3v) is 7.29. The summed E-state index contributed by atoms with van der Waals surface area (Å²) in [6, 6.07) is 10.1. The molecule has 2 aromatic heterocycles. The summed E-state index contributed by atoms with van der Waals surface area (Å²) in [5.41, 5.74) is 4.91. The van der Waals surface area contributed by atoms with Gasteiger partial charge in [-0.25, -0.2) is 13.4 Å². The predicted molar refractivity (Wildman–Crippen MR) is 123 cm³/mol. The molecule has 0 spiro atoms. The Bertz CT molecular complexity index is 1200. The smallest absolute Gasteiger partial charge is 0.177 e. The average Bonchev–Trinajstić information content (AvgIpc) is 2.79. The average molecular weight is 438 g/mol. The van der Waals surface area contributed by atoms with Crippen LogP contribution < -0.4 is 10.2 Å². The monoisotopic (exact) mass is 437 g/mol. The van der Waals surface area contributed by atoms with Crippen LogP contribution in [-0.4, -0.2) is 62.3 Å². The van der Waals surface area contributed by atoms with Crippen molar-refractivity contribution in [2.45, 2.75) is 24.3 Å². The quantitative estimate of drug-likeness (QED) is 0.672. The number of aromatic nitrogens is 2. The minimum atomic E-state index is -3.21. The fraction of sp³-hybridized carbons (Fsp3) is 0.391. The molecule has 0 unspecified atom stereocenters. The summed E-state index contributed by atoms with van der Waals surface area (Å²) >= 11 is 0. The zero-order valence-corrected chi connectivity index (χ0v) is 18.5. The molecule has 8 heteroatoms. The van der Waals surface area contributed by atoms with Crippen molar-refractivity contribution in [3.05, 3.63) is 53.9 Å². The van der Waals surface area contributed by atoms with Crippen molar-refractivity contribution in [1.82, 2.24) is 14.9 Å². The molecular weight excluding hydrogens is 410 g/mol. The Labute approximate surface area is 183 Å². The molecular formula is C23H27N5O2S. The van der Waals surface area contributed by atoms with Gasteiger partial charge in [0.25, 0.3) is 0 Å². The molecule has 0 saturated carbocycles. The SMILES string of the molecule is CS(=O)(=O)c1ccc(N2CCN(Cc3ccc4c5c(cnc4c3)CCCN5)CC2)nc1. The van der Waals surface area contributed by atoms with Gasteiger partial charge in [0.2, 0.25) is 0 Å². The normalized spacial score (nSPS) is 17.4. The zero-order chi connectivity index (χ0) is 21.4. The second kappa shape index (κ2) is 8.09. The van der Waals surface area contributed by atoms with E-state index < -0.39 is 9.84 Å². The lowest BCUT2D eigenvalue weighted by atomic mass is 10.0. The lowest BCUT2D eigenvalue weighted by molar-refractivity contribution is 0.249. The van der Waals surface area contributed by atoms with Gasteiger partial charge in [0.15, 0.2) is 9.84 Å². The molecule has 1 saturated heterocycles. The second-order valence-electron chi connectivity index (χ2n) is 8.43. The van der Waals surface area contributed by atoms with Gasteiger partial charge >= 0.3 is 0 Å². The Kier molecular flexibility index (Phi) is 5.27. The summed E-state index contributed by atoms with van der Waals surface area (Å²) in [7, 11) is -3.21. The Morgan fingerprint density at radius 1 is 1.03 bits per heavy atom. The second-order valence-corrected chi connectivity index (χ2v) is 10.4. The van der Waals surface area contributed by atoms with E-state index in [2.05, 4.69) is 38.3 Å². The van der Waals surface area contributed by atoms with Gasteiger partial charge in [-0.2, -0.15) is 0 Å². The van der Waals surface area contributed by atoms with E-state index in [0.717, 1.165) is 57.0 Å². The highest BCUT2D eigenvalue weighted by molar-refractivity contribution is 7.90. The van der Waals surface area contributed by atoms with Crippen LogP contribution in [0.5, 0.6) is 0 Å². The number of benzene rings is 1. The first-order chi connectivity index (χ1) is 15.0. The summed E-state index contributed by atoms with van der Waals surface area (Å²) in [6.07, 6.45) is 6.95. The van der Waals surface area contributed by atoms with Crippen LogP contribution in [0, 0.1) is 0 Å². The van der Waals surface area contributed by atoms with E-state index >= 15 is 0 Å². The molecule has 0 aliphatic carbocycles. The van der Waals surface area contributed by atoms with Crippen molar-refractivity contribution in [3.63, 3.8) is 0 Å². The van der Waals surface area contributed by atoms with Crippen molar-refractivity contribution in [1.29, 1.82) is 0 Å². The number of nitrogens with zero attached hydrogens (tertiary/aromatic N) is 4. The Balaban J connectivity index is 1.24. The molecule has 2 aliphatic heterocycles. The molecule has 31 heavy (non-hydrogen) atoms. The lowest BCUT2D eigenvalue weighted by Gasteiger charge is -2.35. The molecule has 5 rings (SSSR count). The lowest BCUT2D eigenvalue weighted by Crippen LogP contribution is -2.46. The highest BCUT2D eigenvalue weighted by atomic mass is 32.2. The highest BCUT2D eigenvalue weighted by Gasteiger charge is 2.19. The van der Waals surface area contributed by atoms with E-state index in [1.807, 2.05) is 6.20 Å². The number of hydrogen-bond donors (Lipinski definition) is 1. The number of sulfone groups is 1. The first kappa shape index (κ1) is 20.2. The van der Waals surface area contributed by atoms with E-state index in [9.17, 15) is 8.42 Å². The molecule has 0 bridgehead atoms. The minimum absolute atomic E-state index is 0.260. The molecule has 4 heterocycles. The fourth-order valence-corrected chi connectivity index (χ4v) is 5.00. The van der Waals surface area contributed by atoms with Crippen LogP contribution in [0.25, 0.3) is 10.9 Å². The molecule has 162 valence electrons. The van der Waals surface area contributed by atoms with Crippen LogP contribution in [0.1, 0.15) is 17.5 Å². The highest BCUT2D eigenvalue weighted by Crippen LogP contribution is 2.30. The third-order valence-electron chi connectivity index (χ3n) is 6.19. The van der Waals surface area contributed by atoms with Gasteiger partial charge in [-0.3, -0.25) is 9.88 Å². The van der Waals surface area contributed by atoms with Crippen LogP contribution in [0.2, 0.25) is 0 Å². The standard InChI is InChI=1S/C23H27N5O2S/c1-31(29,30)19-5-7-22(26-15-19)28-11-9-27(10-12-28)16-17-4-6-20-21(13-17)25-14-18-3-2-8-24-23(18)20/h4-7,13-15,24H,2-3,8-12,16H2,1H3. The number of fused-ring (bicyclic) bond motifs is 3. The molecule has 0 radical (unpaired) electrons. The molecule has 0 atom stereocenters. The molecule has 1 fully saturated rings. The summed E-state index contributed by atoms with van der Waals surface area (Å²) in [5, 5.41) is 4.76. The van der Waals surface area contributed by atoms with Gasteiger partial charge in [-0.15, -0.1) is 0 Å². The number of aryl methyl sites for hydroxylation is 1. The molecule has 0 amide bonds. The van der Waals surface area contributed by atoms with Gasteiger partial charge < -0.3 is 10.2 Å². The van der Waals surface area contributed by atoms with Crippen molar-refractivity contribution in [2.75, 3.05) is 49.2 Å². The Hall–Kier alpha value is -2.71.